The number of anilines is 1. The Morgan fingerprint density at radius 1 is 1.39 bits per heavy atom. The van der Waals surface area contributed by atoms with Crippen molar-refractivity contribution in [2.75, 3.05) is 11.9 Å². The molecule has 1 aliphatic heterocycles. The third-order valence-electron chi connectivity index (χ3n) is 4.06. The average Bonchev–Trinajstić information content (AvgIpc) is 3.27. The fourth-order valence-electron chi connectivity index (χ4n) is 2.76. The molecule has 4 rings (SSSR count). The molecule has 0 aliphatic carbocycles. The Morgan fingerprint density at radius 2 is 2.22 bits per heavy atom. The Morgan fingerprint density at radius 3 is 2.91 bits per heavy atom. The Bertz CT molecular complexity index is 844. The van der Waals surface area contributed by atoms with Crippen LogP contribution in [0, 0.1) is 6.92 Å². The number of benzene rings is 1. The van der Waals surface area contributed by atoms with Gasteiger partial charge in [-0.15, -0.1) is 11.3 Å². The number of aromatic nitrogens is 2. The second kappa shape index (κ2) is 5.79. The van der Waals surface area contributed by atoms with Gasteiger partial charge in [-0.05, 0) is 31.9 Å². The average molecular weight is 327 g/mol. The summed E-state index contributed by atoms with van der Waals surface area (Å²) >= 11 is 1.64. The lowest BCUT2D eigenvalue weighted by atomic mass is 10.1. The highest BCUT2D eigenvalue weighted by Crippen LogP contribution is 2.25. The highest BCUT2D eigenvalue weighted by Gasteiger charge is 2.23. The van der Waals surface area contributed by atoms with E-state index in [2.05, 4.69) is 27.0 Å². The number of nitrogens with one attached hydrogen (secondary N) is 1. The van der Waals surface area contributed by atoms with Crippen LogP contribution in [0.1, 0.15) is 18.5 Å². The lowest BCUT2D eigenvalue weighted by Crippen LogP contribution is -2.26. The minimum Gasteiger partial charge on any atom is -0.368 e. The molecule has 3 heterocycles. The minimum absolute atomic E-state index is 0.0617. The van der Waals surface area contributed by atoms with Crippen LogP contribution in [0.5, 0.6) is 0 Å². The number of rotatable bonds is 3. The molecule has 1 aliphatic rings. The molecule has 1 fully saturated rings. The smallest absolute Gasteiger partial charge is 0.253 e. The number of imidazole rings is 1. The van der Waals surface area contributed by atoms with Crippen molar-refractivity contribution in [2.24, 2.45) is 0 Å². The normalized spacial score (nSPS) is 17.7. The van der Waals surface area contributed by atoms with Crippen molar-refractivity contribution in [3.05, 3.63) is 41.5 Å². The molecule has 118 valence electrons. The summed E-state index contributed by atoms with van der Waals surface area (Å²) in [6.45, 7) is 2.74. The van der Waals surface area contributed by atoms with Crippen molar-refractivity contribution in [1.29, 1.82) is 0 Å². The first-order valence-corrected chi connectivity index (χ1v) is 8.55. The number of aryl methyl sites for hydroxylation is 1. The van der Waals surface area contributed by atoms with E-state index in [0.29, 0.717) is 6.61 Å². The van der Waals surface area contributed by atoms with Crippen LogP contribution < -0.4 is 5.32 Å². The molecule has 0 bridgehead atoms. The van der Waals surface area contributed by atoms with Crippen LogP contribution in [-0.4, -0.2) is 28.0 Å². The van der Waals surface area contributed by atoms with E-state index in [0.717, 1.165) is 34.7 Å². The molecule has 1 unspecified atom stereocenters. The fraction of sp³-hybridized carbons (Fsp3) is 0.294. The SMILES string of the molecule is Cc1csc2nc(-c3ccc(NC(=O)C4CCCO4)cc3)cn12. The Balaban J connectivity index is 1.51. The molecule has 1 amide bonds. The van der Waals surface area contributed by atoms with E-state index in [1.807, 2.05) is 30.5 Å². The number of thiazole rings is 1. The minimum atomic E-state index is -0.308. The summed E-state index contributed by atoms with van der Waals surface area (Å²) in [7, 11) is 0. The van der Waals surface area contributed by atoms with Gasteiger partial charge >= 0.3 is 0 Å². The zero-order chi connectivity index (χ0) is 15.8. The van der Waals surface area contributed by atoms with Crippen molar-refractivity contribution < 1.29 is 9.53 Å². The zero-order valence-corrected chi connectivity index (χ0v) is 13.6. The lowest BCUT2D eigenvalue weighted by Gasteiger charge is -2.10. The number of fused-ring (bicyclic) bond motifs is 1. The Kier molecular flexibility index (Phi) is 3.63. The van der Waals surface area contributed by atoms with Crippen molar-refractivity contribution in [1.82, 2.24) is 9.38 Å². The molecule has 6 heteroatoms. The van der Waals surface area contributed by atoms with Crippen LogP contribution in [0.3, 0.4) is 0 Å². The van der Waals surface area contributed by atoms with Gasteiger partial charge in [0, 0.05) is 35.1 Å². The van der Waals surface area contributed by atoms with Crippen LogP contribution in [0.15, 0.2) is 35.8 Å². The summed E-state index contributed by atoms with van der Waals surface area (Å²) in [5.41, 5.74) is 3.95. The summed E-state index contributed by atoms with van der Waals surface area (Å²) in [6.07, 6.45) is 3.49. The number of amides is 1. The van der Waals surface area contributed by atoms with Gasteiger partial charge in [-0.2, -0.15) is 0 Å². The van der Waals surface area contributed by atoms with Gasteiger partial charge in [-0.1, -0.05) is 12.1 Å². The van der Waals surface area contributed by atoms with Gasteiger partial charge in [-0.3, -0.25) is 9.20 Å². The molecule has 0 spiro atoms. The van der Waals surface area contributed by atoms with Crippen LogP contribution in [0.25, 0.3) is 16.2 Å². The zero-order valence-electron chi connectivity index (χ0n) is 12.8. The van der Waals surface area contributed by atoms with Gasteiger partial charge in [0.25, 0.3) is 5.91 Å². The maximum absolute atomic E-state index is 12.0. The molecule has 3 aromatic rings. The Hall–Kier alpha value is -2.18. The molecular weight excluding hydrogens is 310 g/mol. The summed E-state index contributed by atoms with van der Waals surface area (Å²) in [6, 6.07) is 7.77. The Labute approximate surface area is 137 Å². The van der Waals surface area contributed by atoms with Gasteiger partial charge < -0.3 is 10.1 Å². The molecular formula is C17H17N3O2S. The third kappa shape index (κ3) is 2.75. The quantitative estimate of drug-likeness (QED) is 0.801. The molecule has 23 heavy (non-hydrogen) atoms. The predicted molar refractivity (Wildman–Crippen MR) is 90.8 cm³/mol. The first-order chi connectivity index (χ1) is 11.2. The van der Waals surface area contributed by atoms with Crippen LogP contribution >= 0.6 is 11.3 Å². The highest BCUT2D eigenvalue weighted by atomic mass is 32.1. The molecule has 1 N–H and O–H groups in total. The number of carbonyl (C=O) groups is 1. The second-order valence-corrected chi connectivity index (χ2v) is 6.56. The van der Waals surface area contributed by atoms with Gasteiger partial charge in [0.15, 0.2) is 4.96 Å². The number of hydrogen-bond donors (Lipinski definition) is 1. The molecule has 5 nitrogen and oxygen atoms in total. The van der Waals surface area contributed by atoms with Crippen molar-refractivity contribution in [2.45, 2.75) is 25.9 Å². The summed E-state index contributed by atoms with van der Waals surface area (Å²) < 4.78 is 7.48. The number of nitrogens with zero attached hydrogens (tertiary/aromatic N) is 2. The van der Waals surface area contributed by atoms with Crippen LogP contribution in [-0.2, 0) is 9.53 Å². The van der Waals surface area contributed by atoms with Gasteiger partial charge in [0.05, 0.1) is 5.69 Å². The number of ether oxygens (including phenoxy) is 1. The first-order valence-electron chi connectivity index (χ1n) is 7.67. The van der Waals surface area contributed by atoms with E-state index < -0.39 is 0 Å². The second-order valence-electron chi connectivity index (χ2n) is 5.72. The van der Waals surface area contributed by atoms with Gasteiger partial charge in [0.2, 0.25) is 0 Å². The van der Waals surface area contributed by atoms with E-state index in [-0.39, 0.29) is 12.0 Å². The lowest BCUT2D eigenvalue weighted by molar-refractivity contribution is -0.124. The molecule has 0 radical (unpaired) electrons. The maximum atomic E-state index is 12.0. The van der Waals surface area contributed by atoms with E-state index in [9.17, 15) is 4.79 Å². The third-order valence-corrected chi connectivity index (χ3v) is 5.02. The molecule has 2 aromatic heterocycles. The molecule has 1 aromatic carbocycles. The topological polar surface area (TPSA) is 55.6 Å². The number of carbonyl (C=O) groups excluding carboxylic acids is 1. The van der Waals surface area contributed by atoms with Crippen molar-refractivity contribution >= 4 is 27.9 Å². The van der Waals surface area contributed by atoms with E-state index >= 15 is 0 Å². The molecule has 1 atom stereocenters. The van der Waals surface area contributed by atoms with E-state index in [1.165, 1.54) is 5.69 Å². The van der Waals surface area contributed by atoms with Crippen molar-refractivity contribution in [3.63, 3.8) is 0 Å². The summed E-state index contributed by atoms with van der Waals surface area (Å²) in [5.74, 6) is -0.0617. The summed E-state index contributed by atoms with van der Waals surface area (Å²) in [4.78, 5) is 17.7. The highest BCUT2D eigenvalue weighted by molar-refractivity contribution is 7.15. The molecule has 1 saturated heterocycles. The monoisotopic (exact) mass is 327 g/mol. The van der Waals surface area contributed by atoms with Crippen LogP contribution in [0.2, 0.25) is 0 Å². The number of hydrogen-bond acceptors (Lipinski definition) is 4. The van der Waals surface area contributed by atoms with Gasteiger partial charge in [-0.25, -0.2) is 4.98 Å². The van der Waals surface area contributed by atoms with Crippen molar-refractivity contribution in [3.8, 4) is 11.3 Å². The standard InChI is InChI=1S/C17H17N3O2S/c1-11-10-23-17-19-14(9-20(11)17)12-4-6-13(7-5-12)18-16(21)15-3-2-8-22-15/h4-7,9-10,15H,2-3,8H2,1H3,(H,18,21). The van der Waals surface area contributed by atoms with E-state index in [4.69, 9.17) is 4.74 Å². The summed E-state index contributed by atoms with van der Waals surface area (Å²) in [5, 5.41) is 5.00. The maximum Gasteiger partial charge on any atom is 0.253 e. The predicted octanol–water partition coefficient (Wildman–Crippen LogP) is 3.49. The van der Waals surface area contributed by atoms with Gasteiger partial charge in [0.1, 0.15) is 6.10 Å². The van der Waals surface area contributed by atoms with Crippen LogP contribution in [0.4, 0.5) is 5.69 Å². The van der Waals surface area contributed by atoms with E-state index in [1.54, 1.807) is 11.3 Å². The first kappa shape index (κ1) is 14.4. The largest absolute Gasteiger partial charge is 0.368 e. The fourth-order valence-corrected chi connectivity index (χ4v) is 3.62. The molecule has 0 saturated carbocycles.